The van der Waals surface area contributed by atoms with E-state index in [1.807, 2.05) is 73.3 Å². The Bertz CT molecular complexity index is 1180. The van der Waals surface area contributed by atoms with Crippen LogP contribution in [0.25, 0.3) is 10.8 Å². The molecule has 0 unspecified atom stereocenters. The summed E-state index contributed by atoms with van der Waals surface area (Å²) in [4.78, 5) is 15.1. The van der Waals surface area contributed by atoms with Crippen molar-refractivity contribution in [2.75, 3.05) is 31.5 Å². The number of carbonyl (C=O) groups excluding carboxylic acids is 1. The molecule has 3 aromatic rings. The quantitative estimate of drug-likeness (QED) is 0.664. The van der Waals surface area contributed by atoms with Gasteiger partial charge in [0.25, 0.3) is 0 Å². The molecule has 3 aromatic carbocycles. The lowest BCUT2D eigenvalue weighted by Gasteiger charge is -2.36. The zero-order valence-corrected chi connectivity index (χ0v) is 18.6. The number of hydrogen-bond acceptors (Lipinski definition) is 4. The molecule has 1 N–H and O–H groups in total. The van der Waals surface area contributed by atoms with E-state index in [1.165, 1.54) is 4.31 Å². The van der Waals surface area contributed by atoms with Gasteiger partial charge in [-0.1, -0.05) is 48.0 Å². The first kappa shape index (κ1) is 21.5. The molecule has 0 bridgehead atoms. The Morgan fingerprint density at radius 3 is 2.23 bits per heavy atom. The van der Waals surface area contributed by atoms with Gasteiger partial charge in [-0.25, -0.2) is 8.42 Å². The highest BCUT2D eigenvalue weighted by atomic mass is 32.2. The molecule has 0 aliphatic carbocycles. The minimum Gasteiger partial charge on any atom is -0.325 e. The first-order valence-corrected chi connectivity index (χ1v) is 11.9. The molecule has 1 aliphatic heterocycles. The molecule has 0 radical (unpaired) electrons. The molecule has 0 saturated carbocycles. The second kappa shape index (κ2) is 8.78. The Kier molecular flexibility index (Phi) is 6.09. The van der Waals surface area contributed by atoms with Gasteiger partial charge in [0.2, 0.25) is 15.9 Å². The number of anilines is 1. The van der Waals surface area contributed by atoms with Crippen LogP contribution in [-0.4, -0.2) is 55.8 Å². The van der Waals surface area contributed by atoms with E-state index in [-0.39, 0.29) is 11.9 Å². The van der Waals surface area contributed by atoms with Gasteiger partial charge in [-0.15, -0.1) is 0 Å². The van der Waals surface area contributed by atoms with Crippen LogP contribution in [0.3, 0.4) is 0 Å². The minimum absolute atomic E-state index is 0.0925. The lowest BCUT2D eigenvalue weighted by Crippen LogP contribution is -2.53. The number of sulfonamides is 1. The Labute approximate surface area is 183 Å². The van der Waals surface area contributed by atoms with Gasteiger partial charge in [-0.2, -0.15) is 4.31 Å². The highest BCUT2D eigenvalue weighted by Crippen LogP contribution is 2.21. The van der Waals surface area contributed by atoms with E-state index in [1.54, 1.807) is 12.1 Å². The first-order valence-electron chi connectivity index (χ1n) is 10.5. The molecule has 1 atom stereocenters. The zero-order valence-electron chi connectivity index (χ0n) is 17.8. The molecule has 1 aliphatic rings. The van der Waals surface area contributed by atoms with E-state index in [4.69, 9.17) is 0 Å². The zero-order chi connectivity index (χ0) is 22.0. The molecule has 4 rings (SSSR count). The number of nitrogens with one attached hydrogen (secondary N) is 1. The lowest BCUT2D eigenvalue weighted by atomic mass is 10.1. The van der Waals surface area contributed by atoms with E-state index in [0.29, 0.717) is 31.1 Å². The fourth-order valence-electron chi connectivity index (χ4n) is 3.87. The molecule has 1 fully saturated rings. The highest BCUT2D eigenvalue weighted by molar-refractivity contribution is 7.89. The average Bonchev–Trinajstić information content (AvgIpc) is 2.79. The maximum atomic E-state index is 12.9. The van der Waals surface area contributed by atoms with Crippen LogP contribution in [-0.2, 0) is 14.8 Å². The van der Waals surface area contributed by atoms with Crippen molar-refractivity contribution in [3.63, 3.8) is 0 Å². The molecular formula is C24H27N3O3S. The van der Waals surface area contributed by atoms with Gasteiger partial charge < -0.3 is 5.32 Å². The standard InChI is InChI=1S/C24H27N3O3S/c1-18-7-11-23(12-8-18)31(29,30)27-15-13-26(14-16-27)19(2)24(28)25-22-10-9-20-5-3-4-6-21(20)17-22/h3-12,17,19H,13-16H2,1-2H3,(H,25,28)/t19-/m0/s1. The molecule has 6 nitrogen and oxygen atoms in total. The Morgan fingerprint density at radius 2 is 1.55 bits per heavy atom. The predicted molar refractivity (Wildman–Crippen MR) is 124 cm³/mol. The minimum atomic E-state index is -3.51. The maximum Gasteiger partial charge on any atom is 0.243 e. The summed E-state index contributed by atoms with van der Waals surface area (Å²) in [6.07, 6.45) is 0. The summed E-state index contributed by atoms with van der Waals surface area (Å²) in [5.74, 6) is -0.0925. The van der Waals surface area contributed by atoms with Crippen LogP contribution in [0.15, 0.2) is 71.6 Å². The molecule has 31 heavy (non-hydrogen) atoms. The fraction of sp³-hybridized carbons (Fsp3) is 0.292. The van der Waals surface area contributed by atoms with Crippen molar-refractivity contribution in [3.8, 4) is 0 Å². The summed E-state index contributed by atoms with van der Waals surface area (Å²) in [7, 11) is -3.51. The molecular weight excluding hydrogens is 410 g/mol. The van der Waals surface area contributed by atoms with Gasteiger partial charge in [0.05, 0.1) is 10.9 Å². The van der Waals surface area contributed by atoms with E-state index in [0.717, 1.165) is 22.0 Å². The van der Waals surface area contributed by atoms with E-state index in [9.17, 15) is 13.2 Å². The smallest absolute Gasteiger partial charge is 0.243 e. The summed E-state index contributed by atoms with van der Waals surface area (Å²) in [6.45, 7) is 5.54. The number of rotatable bonds is 5. The average molecular weight is 438 g/mol. The SMILES string of the molecule is Cc1ccc(S(=O)(=O)N2CCN([C@@H](C)C(=O)Nc3ccc4ccccc4c3)CC2)cc1. The van der Waals surface area contributed by atoms with Crippen molar-refractivity contribution in [3.05, 3.63) is 72.3 Å². The summed E-state index contributed by atoms with van der Waals surface area (Å²) < 4.78 is 27.3. The number of fused-ring (bicyclic) bond motifs is 1. The fourth-order valence-corrected chi connectivity index (χ4v) is 5.29. The van der Waals surface area contributed by atoms with Crippen molar-refractivity contribution >= 4 is 32.4 Å². The lowest BCUT2D eigenvalue weighted by molar-refractivity contribution is -0.121. The third-order valence-electron chi connectivity index (χ3n) is 5.88. The van der Waals surface area contributed by atoms with E-state index in [2.05, 4.69) is 5.32 Å². The topological polar surface area (TPSA) is 69.7 Å². The van der Waals surface area contributed by atoms with Crippen LogP contribution >= 0.6 is 0 Å². The van der Waals surface area contributed by atoms with Gasteiger partial charge in [0.1, 0.15) is 0 Å². The number of aryl methyl sites for hydroxylation is 1. The molecule has 162 valence electrons. The predicted octanol–water partition coefficient (Wildman–Crippen LogP) is 3.48. The van der Waals surface area contributed by atoms with Gasteiger partial charge in [0.15, 0.2) is 0 Å². The van der Waals surface area contributed by atoms with Crippen LogP contribution < -0.4 is 5.32 Å². The summed E-state index contributed by atoms with van der Waals surface area (Å²) in [5, 5.41) is 5.19. The monoisotopic (exact) mass is 437 g/mol. The molecule has 0 spiro atoms. The van der Waals surface area contributed by atoms with Crippen molar-refractivity contribution in [2.24, 2.45) is 0 Å². The third-order valence-corrected chi connectivity index (χ3v) is 7.79. The van der Waals surface area contributed by atoms with Gasteiger partial charge in [-0.3, -0.25) is 9.69 Å². The number of benzene rings is 3. The second-order valence-corrected chi connectivity index (χ2v) is 9.92. The normalized spacial score (nSPS) is 16.8. The van der Waals surface area contributed by atoms with E-state index < -0.39 is 10.0 Å². The Balaban J connectivity index is 1.37. The Morgan fingerprint density at radius 1 is 0.903 bits per heavy atom. The second-order valence-electron chi connectivity index (χ2n) is 7.98. The van der Waals surface area contributed by atoms with Crippen LogP contribution in [0.5, 0.6) is 0 Å². The van der Waals surface area contributed by atoms with Crippen molar-refractivity contribution in [1.29, 1.82) is 0 Å². The largest absolute Gasteiger partial charge is 0.325 e. The number of carbonyl (C=O) groups is 1. The van der Waals surface area contributed by atoms with E-state index >= 15 is 0 Å². The Hall–Kier alpha value is -2.74. The van der Waals surface area contributed by atoms with Crippen LogP contribution in [0.4, 0.5) is 5.69 Å². The highest BCUT2D eigenvalue weighted by Gasteiger charge is 2.31. The molecule has 1 saturated heterocycles. The van der Waals surface area contributed by atoms with Gasteiger partial charge in [-0.05, 0) is 48.9 Å². The third kappa shape index (κ3) is 4.63. The van der Waals surface area contributed by atoms with Crippen LogP contribution in [0.1, 0.15) is 12.5 Å². The summed E-state index contributed by atoms with van der Waals surface area (Å²) in [5.41, 5.74) is 1.78. The summed E-state index contributed by atoms with van der Waals surface area (Å²) >= 11 is 0. The van der Waals surface area contributed by atoms with Crippen molar-refractivity contribution in [1.82, 2.24) is 9.21 Å². The van der Waals surface area contributed by atoms with Gasteiger partial charge >= 0.3 is 0 Å². The van der Waals surface area contributed by atoms with Crippen LogP contribution in [0, 0.1) is 6.92 Å². The summed E-state index contributed by atoms with van der Waals surface area (Å²) in [6, 6.07) is 20.4. The molecule has 0 aromatic heterocycles. The molecule has 7 heteroatoms. The number of amides is 1. The van der Waals surface area contributed by atoms with Crippen molar-refractivity contribution in [2.45, 2.75) is 24.8 Å². The van der Waals surface area contributed by atoms with Gasteiger partial charge in [0, 0.05) is 31.9 Å². The first-order chi connectivity index (χ1) is 14.8. The van der Waals surface area contributed by atoms with Crippen LogP contribution in [0.2, 0.25) is 0 Å². The molecule has 1 heterocycles. The maximum absolute atomic E-state index is 12.9. The van der Waals surface area contributed by atoms with Crippen molar-refractivity contribution < 1.29 is 13.2 Å². The number of hydrogen-bond donors (Lipinski definition) is 1. The number of nitrogens with zero attached hydrogens (tertiary/aromatic N) is 2. The molecule has 1 amide bonds. The number of piperazine rings is 1.